The zero-order valence-corrected chi connectivity index (χ0v) is 10.5. The van der Waals surface area contributed by atoms with Crippen LogP contribution in [0.15, 0.2) is 18.5 Å². The summed E-state index contributed by atoms with van der Waals surface area (Å²) in [7, 11) is 0. The Hall–Kier alpha value is -2.25. The number of aryl methyl sites for hydroxylation is 1. The molecule has 102 valence electrons. The number of anilines is 1. The summed E-state index contributed by atoms with van der Waals surface area (Å²) >= 11 is 0. The number of aromatic nitrogens is 4. The standard InChI is InChI=1S/C11H13F2N5O/c1-3-17-7(2)8(6-15-17)16-10(19)9-4-5-14-18(9)11(12)13/h4-6,11H,3H2,1-2H3,(H,16,19). The van der Waals surface area contributed by atoms with E-state index in [1.807, 2.05) is 6.92 Å². The van der Waals surface area contributed by atoms with Crippen molar-refractivity contribution in [3.63, 3.8) is 0 Å². The average Bonchev–Trinajstić information content (AvgIpc) is 2.97. The normalized spacial score (nSPS) is 11.0. The van der Waals surface area contributed by atoms with Crippen molar-refractivity contribution in [3.8, 4) is 0 Å². The first-order valence-corrected chi connectivity index (χ1v) is 5.70. The van der Waals surface area contributed by atoms with E-state index < -0.39 is 12.5 Å². The number of carbonyl (C=O) groups excluding carboxylic acids is 1. The van der Waals surface area contributed by atoms with E-state index >= 15 is 0 Å². The molecule has 6 nitrogen and oxygen atoms in total. The molecule has 0 fully saturated rings. The topological polar surface area (TPSA) is 64.7 Å². The maximum Gasteiger partial charge on any atom is 0.333 e. The minimum absolute atomic E-state index is 0.196. The number of nitrogens with zero attached hydrogens (tertiary/aromatic N) is 4. The zero-order chi connectivity index (χ0) is 14.0. The molecule has 0 aliphatic rings. The van der Waals surface area contributed by atoms with Gasteiger partial charge in [0.2, 0.25) is 0 Å². The second-order valence-corrected chi connectivity index (χ2v) is 3.85. The molecule has 0 aliphatic carbocycles. The van der Waals surface area contributed by atoms with E-state index in [-0.39, 0.29) is 5.69 Å². The predicted molar refractivity (Wildman–Crippen MR) is 64.1 cm³/mol. The lowest BCUT2D eigenvalue weighted by Gasteiger charge is -2.07. The van der Waals surface area contributed by atoms with Gasteiger partial charge in [-0.2, -0.15) is 23.7 Å². The van der Waals surface area contributed by atoms with Crippen LogP contribution >= 0.6 is 0 Å². The van der Waals surface area contributed by atoms with Gasteiger partial charge in [0.15, 0.2) is 0 Å². The second-order valence-electron chi connectivity index (χ2n) is 3.85. The molecular formula is C11H13F2N5O. The largest absolute Gasteiger partial charge is 0.333 e. The van der Waals surface area contributed by atoms with E-state index in [1.165, 1.54) is 12.3 Å². The average molecular weight is 269 g/mol. The number of nitrogens with one attached hydrogen (secondary N) is 1. The van der Waals surface area contributed by atoms with Crippen LogP contribution in [0.4, 0.5) is 14.5 Å². The lowest BCUT2D eigenvalue weighted by Crippen LogP contribution is -2.18. The molecule has 2 heterocycles. The Morgan fingerprint density at radius 3 is 2.79 bits per heavy atom. The summed E-state index contributed by atoms with van der Waals surface area (Å²) in [6.45, 7) is 1.51. The van der Waals surface area contributed by atoms with Gasteiger partial charge in [-0.05, 0) is 19.9 Å². The Bertz CT molecular complexity index is 590. The van der Waals surface area contributed by atoms with Gasteiger partial charge < -0.3 is 5.32 Å². The van der Waals surface area contributed by atoms with Gasteiger partial charge in [0.25, 0.3) is 5.91 Å². The van der Waals surface area contributed by atoms with E-state index in [0.717, 1.165) is 11.9 Å². The van der Waals surface area contributed by atoms with Crippen LogP contribution in [0.2, 0.25) is 0 Å². The first-order chi connectivity index (χ1) is 9.04. The summed E-state index contributed by atoms with van der Waals surface area (Å²) in [5, 5.41) is 10.0. The summed E-state index contributed by atoms with van der Waals surface area (Å²) in [5.41, 5.74) is 1.06. The van der Waals surface area contributed by atoms with Crippen LogP contribution in [0, 0.1) is 6.92 Å². The Labute approximate surface area is 108 Å². The molecule has 8 heteroatoms. The van der Waals surface area contributed by atoms with Gasteiger partial charge in [-0.1, -0.05) is 0 Å². The fourth-order valence-corrected chi connectivity index (χ4v) is 1.72. The van der Waals surface area contributed by atoms with Crippen LogP contribution in [0.25, 0.3) is 0 Å². The van der Waals surface area contributed by atoms with Gasteiger partial charge in [-0.3, -0.25) is 9.48 Å². The van der Waals surface area contributed by atoms with Gasteiger partial charge in [-0.25, -0.2) is 0 Å². The predicted octanol–water partition coefficient (Wildman–Crippen LogP) is 2.06. The van der Waals surface area contributed by atoms with Gasteiger partial charge >= 0.3 is 6.55 Å². The maximum atomic E-state index is 12.6. The smallest absolute Gasteiger partial charge is 0.318 e. The minimum atomic E-state index is -2.85. The summed E-state index contributed by atoms with van der Waals surface area (Å²) in [6, 6.07) is 1.24. The van der Waals surface area contributed by atoms with Crippen molar-refractivity contribution < 1.29 is 13.6 Å². The quantitative estimate of drug-likeness (QED) is 0.923. The molecule has 1 amide bonds. The third-order valence-electron chi connectivity index (χ3n) is 2.74. The SMILES string of the molecule is CCn1ncc(NC(=O)c2ccnn2C(F)F)c1C. The van der Waals surface area contributed by atoms with E-state index in [4.69, 9.17) is 0 Å². The van der Waals surface area contributed by atoms with E-state index in [0.29, 0.717) is 16.9 Å². The van der Waals surface area contributed by atoms with Crippen LogP contribution < -0.4 is 5.32 Å². The van der Waals surface area contributed by atoms with E-state index in [9.17, 15) is 13.6 Å². The molecule has 1 N–H and O–H groups in total. The highest BCUT2D eigenvalue weighted by molar-refractivity contribution is 6.03. The molecule has 2 aromatic heterocycles. The van der Waals surface area contributed by atoms with Crippen LogP contribution in [-0.4, -0.2) is 25.5 Å². The monoisotopic (exact) mass is 269 g/mol. The van der Waals surface area contributed by atoms with Crippen LogP contribution in [0.5, 0.6) is 0 Å². The molecule has 0 aliphatic heterocycles. The van der Waals surface area contributed by atoms with Crippen molar-refractivity contribution in [2.45, 2.75) is 26.9 Å². The Morgan fingerprint density at radius 1 is 1.47 bits per heavy atom. The molecule has 0 atom stereocenters. The third-order valence-corrected chi connectivity index (χ3v) is 2.74. The molecule has 0 bridgehead atoms. The summed E-state index contributed by atoms with van der Waals surface area (Å²) < 4.78 is 27.3. The lowest BCUT2D eigenvalue weighted by atomic mass is 10.3. The fourth-order valence-electron chi connectivity index (χ4n) is 1.72. The molecule has 2 rings (SSSR count). The van der Waals surface area contributed by atoms with Crippen molar-refractivity contribution in [1.82, 2.24) is 19.6 Å². The highest BCUT2D eigenvalue weighted by Gasteiger charge is 2.19. The fraction of sp³-hybridized carbons (Fsp3) is 0.364. The lowest BCUT2D eigenvalue weighted by molar-refractivity contribution is 0.0520. The van der Waals surface area contributed by atoms with Gasteiger partial charge in [0, 0.05) is 12.7 Å². The Kier molecular flexibility index (Phi) is 3.59. The van der Waals surface area contributed by atoms with Gasteiger partial charge in [-0.15, -0.1) is 0 Å². The molecule has 2 aromatic rings. The molecule has 0 spiro atoms. The molecule has 0 radical (unpaired) electrons. The number of amides is 1. The minimum Gasteiger partial charge on any atom is -0.318 e. The zero-order valence-electron chi connectivity index (χ0n) is 10.5. The third kappa shape index (κ3) is 2.47. The molecular weight excluding hydrogens is 256 g/mol. The number of rotatable bonds is 4. The van der Waals surface area contributed by atoms with Crippen molar-refractivity contribution in [2.75, 3.05) is 5.32 Å². The molecule has 0 saturated carbocycles. The Balaban J connectivity index is 2.21. The van der Waals surface area contributed by atoms with Crippen LogP contribution in [0.1, 0.15) is 29.7 Å². The number of hydrogen-bond acceptors (Lipinski definition) is 3. The van der Waals surface area contributed by atoms with Crippen LogP contribution in [0.3, 0.4) is 0 Å². The molecule has 19 heavy (non-hydrogen) atoms. The van der Waals surface area contributed by atoms with E-state index in [1.54, 1.807) is 11.6 Å². The van der Waals surface area contributed by atoms with Crippen molar-refractivity contribution in [2.24, 2.45) is 0 Å². The van der Waals surface area contributed by atoms with Crippen molar-refractivity contribution in [1.29, 1.82) is 0 Å². The number of hydrogen-bond donors (Lipinski definition) is 1. The summed E-state index contributed by atoms with van der Waals surface area (Å²) in [5.74, 6) is -0.642. The summed E-state index contributed by atoms with van der Waals surface area (Å²) in [6.07, 6.45) is 2.64. The Morgan fingerprint density at radius 2 is 2.21 bits per heavy atom. The molecule has 0 saturated heterocycles. The first kappa shape index (κ1) is 13.2. The first-order valence-electron chi connectivity index (χ1n) is 5.70. The maximum absolute atomic E-state index is 12.6. The number of halogens is 2. The highest BCUT2D eigenvalue weighted by atomic mass is 19.3. The number of alkyl halides is 2. The van der Waals surface area contributed by atoms with E-state index in [2.05, 4.69) is 15.5 Å². The molecule has 0 aromatic carbocycles. The van der Waals surface area contributed by atoms with Crippen molar-refractivity contribution >= 4 is 11.6 Å². The van der Waals surface area contributed by atoms with Gasteiger partial charge in [0.1, 0.15) is 5.69 Å². The van der Waals surface area contributed by atoms with Crippen molar-refractivity contribution in [3.05, 3.63) is 29.8 Å². The second kappa shape index (κ2) is 5.17. The van der Waals surface area contributed by atoms with Gasteiger partial charge in [0.05, 0.1) is 17.6 Å². The molecule has 0 unspecified atom stereocenters. The highest BCUT2D eigenvalue weighted by Crippen LogP contribution is 2.17. The van der Waals surface area contributed by atoms with Crippen LogP contribution in [-0.2, 0) is 6.54 Å². The summed E-state index contributed by atoms with van der Waals surface area (Å²) in [4.78, 5) is 11.9. The number of carbonyl (C=O) groups is 1.